The SMILES string of the molecule is Cc1ccccc1N1CCCC1CON. The molecule has 1 atom stereocenters. The number of hydrogen-bond donors (Lipinski definition) is 1. The van der Waals surface area contributed by atoms with Crippen LogP contribution < -0.4 is 10.8 Å². The first-order valence-corrected chi connectivity index (χ1v) is 5.47. The summed E-state index contributed by atoms with van der Waals surface area (Å²) in [5.74, 6) is 5.16. The number of anilines is 1. The van der Waals surface area contributed by atoms with Crippen LogP contribution >= 0.6 is 0 Å². The molecule has 2 rings (SSSR count). The lowest BCUT2D eigenvalue weighted by Crippen LogP contribution is -2.34. The van der Waals surface area contributed by atoms with E-state index in [1.807, 2.05) is 0 Å². The highest BCUT2D eigenvalue weighted by atomic mass is 16.6. The highest BCUT2D eigenvalue weighted by Gasteiger charge is 2.25. The zero-order valence-electron chi connectivity index (χ0n) is 9.15. The summed E-state index contributed by atoms with van der Waals surface area (Å²) in [6.07, 6.45) is 2.40. The monoisotopic (exact) mass is 206 g/mol. The normalized spacial score (nSPS) is 20.9. The van der Waals surface area contributed by atoms with Crippen LogP contribution in [-0.4, -0.2) is 19.2 Å². The molecule has 0 amide bonds. The molecule has 1 aliphatic heterocycles. The first-order chi connectivity index (χ1) is 7.33. The maximum absolute atomic E-state index is 5.16. The van der Waals surface area contributed by atoms with Crippen LogP contribution in [0.2, 0.25) is 0 Å². The summed E-state index contributed by atoms with van der Waals surface area (Å²) < 4.78 is 0. The summed E-state index contributed by atoms with van der Waals surface area (Å²) in [7, 11) is 0. The molecule has 15 heavy (non-hydrogen) atoms. The Balaban J connectivity index is 2.19. The van der Waals surface area contributed by atoms with Gasteiger partial charge in [-0.1, -0.05) is 18.2 Å². The van der Waals surface area contributed by atoms with Gasteiger partial charge in [-0.15, -0.1) is 0 Å². The van der Waals surface area contributed by atoms with Crippen LogP contribution in [0.15, 0.2) is 24.3 Å². The Kier molecular flexibility index (Phi) is 3.23. The highest BCUT2D eigenvalue weighted by Crippen LogP contribution is 2.27. The fourth-order valence-electron chi connectivity index (χ4n) is 2.32. The number of rotatable bonds is 3. The molecule has 1 saturated heterocycles. The Hall–Kier alpha value is -1.06. The van der Waals surface area contributed by atoms with Crippen LogP contribution in [0.4, 0.5) is 5.69 Å². The molecule has 1 fully saturated rings. The van der Waals surface area contributed by atoms with Crippen LogP contribution in [0.1, 0.15) is 18.4 Å². The third kappa shape index (κ3) is 2.13. The highest BCUT2D eigenvalue weighted by molar-refractivity contribution is 5.54. The minimum atomic E-state index is 0.441. The van der Waals surface area contributed by atoms with Crippen LogP contribution in [0.3, 0.4) is 0 Å². The predicted molar refractivity (Wildman–Crippen MR) is 61.7 cm³/mol. The van der Waals surface area contributed by atoms with Gasteiger partial charge in [-0.2, -0.15) is 0 Å². The van der Waals surface area contributed by atoms with Crippen molar-refractivity contribution >= 4 is 5.69 Å². The Morgan fingerprint density at radius 3 is 3.00 bits per heavy atom. The molecule has 0 bridgehead atoms. The Morgan fingerprint density at radius 1 is 1.47 bits per heavy atom. The van der Waals surface area contributed by atoms with Crippen molar-refractivity contribution in [2.75, 3.05) is 18.1 Å². The van der Waals surface area contributed by atoms with Crippen molar-refractivity contribution in [3.63, 3.8) is 0 Å². The molecule has 2 N–H and O–H groups in total. The molecule has 1 aliphatic rings. The molecule has 1 aromatic carbocycles. The van der Waals surface area contributed by atoms with Gasteiger partial charge < -0.3 is 9.74 Å². The molecule has 0 radical (unpaired) electrons. The lowest BCUT2D eigenvalue weighted by Gasteiger charge is -2.27. The Morgan fingerprint density at radius 2 is 2.27 bits per heavy atom. The molecule has 1 aromatic rings. The summed E-state index contributed by atoms with van der Waals surface area (Å²) in [4.78, 5) is 7.18. The van der Waals surface area contributed by atoms with Crippen molar-refractivity contribution in [2.24, 2.45) is 5.90 Å². The topological polar surface area (TPSA) is 38.5 Å². The summed E-state index contributed by atoms with van der Waals surface area (Å²) in [5.41, 5.74) is 2.64. The average Bonchev–Trinajstić information content (AvgIpc) is 2.67. The van der Waals surface area contributed by atoms with E-state index >= 15 is 0 Å². The van der Waals surface area contributed by atoms with Crippen LogP contribution in [-0.2, 0) is 4.84 Å². The van der Waals surface area contributed by atoms with E-state index in [-0.39, 0.29) is 0 Å². The minimum absolute atomic E-state index is 0.441. The largest absolute Gasteiger partial charge is 0.366 e. The molecule has 0 spiro atoms. The number of benzene rings is 1. The van der Waals surface area contributed by atoms with Gasteiger partial charge in [0.25, 0.3) is 0 Å². The van der Waals surface area contributed by atoms with E-state index in [2.05, 4.69) is 36.1 Å². The molecule has 3 heteroatoms. The second-order valence-electron chi connectivity index (χ2n) is 4.11. The van der Waals surface area contributed by atoms with Crippen molar-refractivity contribution < 1.29 is 4.84 Å². The standard InChI is InChI=1S/C12H18N2O/c1-10-5-2-3-7-12(10)14-8-4-6-11(14)9-15-13/h2-3,5,7,11H,4,6,8-9,13H2,1H3. The fraction of sp³-hybridized carbons (Fsp3) is 0.500. The number of hydrogen-bond acceptors (Lipinski definition) is 3. The number of aryl methyl sites for hydroxylation is 1. The zero-order chi connectivity index (χ0) is 10.7. The lowest BCUT2D eigenvalue weighted by molar-refractivity contribution is 0.124. The van der Waals surface area contributed by atoms with Gasteiger partial charge in [-0.3, -0.25) is 0 Å². The van der Waals surface area contributed by atoms with Crippen molar-refractivity contribution in [2.45, 2.75) is 25.8 Å². The maximum atomic E-state index is 5.16. The Bertz CT molecular complexity index is 327. The van der Waals surface area contributed by atoms with E-state index in [9.17, 15) is 0 Å². The molecule has 0 saturated carbocycles. The van der Waals surface area contributed by atoms with E-state index in [0.717, 1.165) is 6.54 Å². The molecule has 0 aliphatic carbocycles. The van der Waals surface area contributed by atoms with E-state index < -0.39 is 0 Å². The smallest absolute Gasteiger partial charge is 0.0882 e. The van der Waals surface area contributed by atoms with Gasteiger partial charge in [-0.05, 0) is 31.4 Å². The molecule has 3 nitrogen and oxygen atoms in total. The van der Waals surface area contributed by atoms with Crippen molar-refractivity contribution in [1.29, 1.82) is 0 Å². The van der Waals surface area contributed by atoms with Crippen LogP contribution in [0.25, 0.3) is 0 Å². The molecule has 1 unspecified atom stereocenters. The van der Waals surface area contributed by atoms with Crippen LogP contribution in [0.5, 0.6) is 0 Å². The zero-order valence-corrected chi connectivity index (χ0v) is 9.15. The van der Waals surface area contributed by atoms with Gasteiger partial charge in [0.15, 0.2) is 0 Å². The van der Waals surface area contributed by atoms with Gasteiger partial charge in [0.1, 0.15) is 0 Å². The summed E-state index contributed by atoms with van der Waals surface area (Å²) >= 11 is 0. The second kappa shape index (κ2) is 4.64. The second-order valence-corrected chi connectivity index (χ2v) is 4.11. The first kappa shape index (κ1) is 10.5. The predicted octanol–water partition coefficient (Wildman–Crippen LogP) is 1.85. The van der Waals surface area contributed by atoms with E-state index in [0.29, 0.717) is 12.6 Å². The molecule has 82 valence electrons. The Labute approximate surface area is 90.8 Å². The number of nitrogens with two attached hydrogens (primary N) is 1. The van der Waals surface area contributed by atoms with Crippen molar-refractivity contribution in [3.8, 4) is 0 Å². The van der Waals surface area contributed by atoms with E-state index in [1.54, 1.807) is 0 Å². The summed E-state index contributed by atoms with van der Waals surface area (Å²) in [6, 6.07) is 8.92. The summed E-state index contributed by atoms with van der Waals surface area (Å²) in [6.45, 7) is 3.88. The molecule has 1 heterocycles. The van der Waals surface area contributed by atoms with E-state index in [1.165, 1.54) is 24.1 Å². The first-order valence-electron chi connectivity index (χ1n) is 5.47. The van der Waals surface area contributed by atoms with Gasteiger partial charge in [0.2, 0.25) is 0 Å². The van der Waals surface area contributed by atoms with Crippen molar-refractivity contribution in [3.05, 3.63) is 29.8 Å². The quantitative estimate of drug-likeness (QED) is 0.767. The fourth-order valence-corrected chi connectivity index (χ4v) is 2.32. The van der Waals surface area contributed by atoms with Gasteiger partial charge in [-0.25, -0.2) is 5.90 Å². The van der Waals surface area contributed by atoms with Crippen molar-refractivity contribution in [1.82, 2.24) is 0 Å². The lowest BCUT2D eigenvalue weighted by atomic mass is 10.1. The van der Waals surface area contributed by atoms with Gasteiger partial charge in [0, 0.05) is 12.2 Å². The molecular weight excluding hydrogens is 188 g/mol. The number of para-hydroxylation sites is 1. The maximum Gasteiger partial charge on any atom is 0.0882 e. The van der Waals surface area contributed by atoms with Gasteiger partial charge >= 0.3 is 0 Å². The minimum Gasteiger partial charge on any atom is -0.366 e. The third-order valence-corrected chi connectivity index (χ3v) is 3.09. The number of nitrogens with zero attached hydrogens (tertiary/aromatic N) is 1. The van der Waals surface area contributed by atoms with Crippen LogP contribution in [0, 0.1) is 6.92 Å². The van der Waals surface area contributed by atoms with Gasteiger partial charge in [0.05, 0.1) is 12.6 Å². The molecular formula is C12H18N2O. The van der Waals surface area contributed by atoms with E-state index in [4.69, 9.17) is 10.7 Å². The summed E-state index contributed by atoms with van der Waals surface area (Å²) in [5, 5.41) is 0. The average molecular weight is 206 g/mol. The molecule has 0 aromatic heterocycles. The third-order valence-electron chi connectivity index (χ3n) is 3.09.